The molecule has 0 spiro atoms. The molecular weight excluding hydrogens is 418 g/mol. The van der Waals surface area contributed by atoms with Crippen LogP contribution in [0.4, 0.5) is 5.95 Å². The lowest BCUT2D eigenvalue weighted by atomic mass is 10.2. The van der Waals surface area contributed by atoms with Crippen LogP contribution in [0.15, 0.2) is 73.1 Å². The second-order valence-corrected chi connectivity index (χ2v) is 8.30. The van der Waals surface area contributed by atoms with Crippen LogP contribution in [0.1, 0.15) is 5.56 Å². The molecule has 0 N–H and O–H groups in total. The number of benzene rings is 2. The van der Waals surface area contributed by atoms with E-state index < -0.39 is 0 Å². The van der Waals surface area contributed by atoms with Crippen LogP contribution in [0.25, 0.3) is 17.1 Å². The van der Waals surface area contributed by atoms with Crippen LogP contribution in [-0.4, -0.2) is 55.4 Å². The smallest absolute Gasteiger partial charge is 0.225 e. The highest BCUT2D eigenvalue weighted by atomic mass is 32.1. The summed E-state index contributed by atoms with van der Waals surface area (Å²) in [5.41, 5.74) is 3.29. The average Bonchev–Trinajstić information content (AvgIpc) is 3.17. The maximum absolute atomic E-state index is 5.90. The molecule has 162 valence electrons. The topological polar surface area (TPSA) is 55.0 Å². The minimum Gasteiger partial charge on any atom is -0.338 e. The van der Waals surface area contributed by atoms with Gasteiger partial charge < -0.3 is 4.90 Å². The molecule has 0 aliphatic carbocycles. The molecule has 3 heterocycles. The highest BCUT2D eigenvalue weighted by Crippen LogP contribution is 2.23. The van der Waals surface area contributed by atoms with Crippen LogP contribution in [-0.2, 0) is 6.67 Å². The molecule has 4 aromatic rings. The van der Waals surface area contributed by atoms with Gasteiger partial charge in [0.1, 0.15) is 0 Å². The second kappa shape index (κ2) is 9.02. The Bertz CT molecular complexity index is 1230. The van der Waals surface area contributed by atoms with Gasteiger partial charge >= 0.3 is 0 Å². The van der Waals surface area contributed by atoms with Crippen LogP contribution < -0.4 is 4.90 Å². The second-order valence-electron chi connectivity index (χ2n) is 7.94. The molecule has 0 unspecified atom stereocenters. The van der Waals surface area contributed by atoms with E-state index in [2.05, 4.69) is 67.7 Å². The summed E-state index contributed by atoms with van der Waals surface area (Å²) in [6, 6.07) is 20.5. The lowest BCUT2D eigenvalue weighted by molar-refractivity contribution is 0.193. The zero-order valence-corrected chi connectivity index (χ0v) is 18.8. The Labute approximate surface area is 192 Å². The normalized spacial score (nSPS) is 14.6. The first kappa shape index (κ1) is 20.5. The van der Waals surface area contributed by atoms with Gasteiger partial charge in [0.15, 0.2) is 5.82 Å². The molecule has 1 aliphatic heterocycles. The van der Waals surface area contributed by atoms with E-state index in [9.17, 15) is 0 Å². The largest absolute Gasteiger partial charge is 0.338 e. The van der Waals surface area contributed by atoms with E-state index in [-0.39, 0.29) is 0 Å². The number of hydrogen-bond donors (Lipinski definition) is 0. The van der Waals surface area contributed by atoms with Crippen LogP contribution in [0, 0.1) is 11.7 Å². The Kier molecular flexibility index (Phi) is 5.79. The van der Waals surface area contributed by atoms with Gasteiger partial charge in [-0.05, 0) is 37.3 Å². The molecular formula is C24H25N7S. The molecule has 1 aliphatic rings. The maximum Gasteiger partial charge on any atom is 0.225 e. The van der Waals surface area contributed by atoms with Crippen molar-refractivity contribution in [3.63, 3.8) is 0 Å². The molecule has 8 heteroatoms. The summed E-state index contributed by atoms with van der Waals surface area (Å²) >= 11 is 5.90. The quantitative estimate of drug-likeness (QED) is 0.436. The summed E-state index contributed by atoms with van der Waals surface area (Å²) < 4.78 is 4.70. The van der Waals surface area contributed by atoms with Crippen LogP contribution in [0.3, 0.4) is 0 Å². The van der Waals surface area contributed by atoms with Crippen molar-refractivity contribution in [3.05, 3.63) is 83.4 Å². The van der Waals surface area contributed by atoms with Crippen molar-refractivity contribution in [2.75, 3.05) is 31.1 Å². The lowest BCUT2D eigenvalue weighted by Gasteiger charge is -2.34. The monoisotopic (exact) mass is 443 g/mol. The van der Waals surface area contributed by atoms with Crippen molar-refractivity contribution >= 4 is 18.2 Å². The Hall–Kier alpha value is -3.36. The summed E-state index contributed by atoms with van der Waals surface area (Å²) in [6.45, 7) is 6.30. The van der Waals surface area contributed by atoms with Gasteiger partial charge in [0.05, 0.1) is 6.67 Å². The molecule has 32 heavy (non-hydrogen) atoms. The number of anilines is 1. The summed E-state index contributed by atoms with van der Waals surface area (Å²) in [5, 5.41) is 4.95. The summed E-state index contributed by atoms with van der Waals surface area (Å²) in [5.74, 6) is 1.65. The number of aromatic nitrogens is 5. The number of rotatable bonds is 5. The van der Waals surface area contributed by atoms with E-state index in [1.165, 1.54) is 5.56 Å². The van der Waals surface area contributed by atoms with Gasteiger partial charge in [0, 0.05) is 49.8 Å². The first-order valence-corrected chi connectivity index (χ1v) is 11.2. The fraction of sp³-hybridized carbons (Fsp3) is 0.250. The predicted molar refractivity (Wildman–Crippen MR) is 128 cm³/mol. The molecule has 1 saturated heterocycles. The molecule has 5 rings (SSSR count). The Morgan fingerprint density at radius 2 is 1.53 bits per heavy atom. The first-order chi connectivity index (χ1) is 15.7. The third-order valence-corrected chi connectivity index (χ3v) is 6.10. The Morgan fingerprint density at radius 1 is 0.844 bits per heavy atom. The molecule has 0 saturated carbocycles. The van der Waals surface area contributed by atoms with Crippen molar-refractivity contribution in [1.29, 1.82) is 0 Å². The predicted octanol–water partition coefficient (Wildman–Crippen LogP) is 3.95. The molecule has 2 aromatic heterocycles. The van der Waals surface area contributed by atoms with Gasteiger partial charge in [-0.25, -0.2) is 14.6 Å². The van der Waals surface area contributed by atoms with Gasteiger partial charge in [0.2, 0.25) is 10.7 Å². The van der Waals surface area contributed by atoms with E-state index in [0.717, 1.165) is 49.2 Å². The van der Waals surface area contributed by atoms with E-state index in [1.54, 1.807) is 12.4 Å². The van der Waals surface area contributed by atoms with E-state index in [4.69, 9.17) is 17.3 Å². The maximum atomic E-state index is 5.90. The van der Waals surface area contributed by atoms with Crippen molar-refractivity contribution in [1.82, 2.24) is 29.2 Å². The zero-order chi connectivity index (χ0) is 21.9. The molecule has 0 radical (unpaired) electrons. The van der Waals surface area contributed by atoms with Crippen molar-refractivity contribution in [3.8, 4) is 17.1 Å². The summed E-state index contributed by atoms with van der Waals surface area (Å²) in [7, 11) is 0. The molecule has 0 atom stereocenters. The van der Waals surface area contributed by atoms with Crippen LogP contribution in [0.5, 0.6) is 0 Å². The molecule has 1 fully saturated rings. The molecule has 0 amide bonds. The van der Waals surface area contributed by atoms with E-state index in [1.807, 2.05) is 28.9 Å². The molecule has 7 nitrogen and oxygen atoms in total. The van der Waals surface area contributed by atoms with Gasteiger partial charge in [-0.15, -0.1) is 5.10 Å². The van der Waals surface area contributed by atoms with Crippen LogP contribution in [0.2, 0.25) is 0 Å². The van der Waals surface area contributed by atoms with Crippen molar-refractivity contribution in [2.45, 2.75) is 13.6 Å². The third kappa shape index (κ3) is 4.19. The Morgan fingerprint density at radius 3 is 2.22 bits per heavy atom. The van der Waals surface area contributed by atoms with Gasteiger partial charge in [-0.2, -0.15) is 0 Å². The zero-order valence-electron chi connectivity index (χ0n) is 18.0. The van der Waals surface area contributed by atoms with Gasteiger partial charge in [0.25, 0.3) is 0 Å². The van der Waals surface area contributed by atoms with Crippen LogP contribution >= 0.6 is 12.2 Å². The number of aryl methyl sites for hydroxylation is 1. The number of nitrogens with zero attached hydrogens (tertiary/aromatic N) is 7. The van der Waals surface area contributed by atoms with Gasteiger partial charge in [-0.3, -0.25) is 9.47 Å². The molecule has 2 aromatic carbocycles. The van der Waals surface area contributed by atoms with E-state index in [0.29, 0.717) is 11.4 Å². The average molecular weight is 444 g/mol. The van der Waals surface area contributed by atoms with Crippen molar-refractivity contribution < 1.29 is 0 Å². The summed E-state index contributed by atoms with van der Waals surface area (Å²) in [4.78, 5) is 13.3. The SMILES string of the molecule is Cc1ccc(-n2c(-c3ccccc3)nn(CN3CCN(c4ncccn4)CC3)c2=S)cc1. The Balaban J connectivity index is 1.41. The summed E-state index contributed by atoms with van der Waals surface area (Å²) in [6.07, 6.45) is 3.58. The standard InChI is InChI=1S/C24H25N7S/c1-19-8-10-21(11-9-19)31-22(20-6-3-2-4-7-20)27-30(24(31)32)18-28-14-16-29(17-15-28)23-25-12-5-13-26-23/h2-13H,14-18H2,1H3. The minimum atomic E-state index is 0.654. The van der Waals surface area contributed by atoms with Gasteiger partial charge in [-0.1, -0.05) is 48.0 Å². The highest BCUT2D eigenvalue weighted by Gasteiger charge is 2.21. The molecule has 0 bridgehead atoms. The number of hydrogen-bond acceptors (Lipinski definition) is 6. The fourth-order valence-corrected chi connectivity index (χ4v) is 4.22. The van der Waals surface area contributed by atoms with Crippen molar-refractivity contribution in [2.24, 2.45) is 0 Å². The fourth-order valence-electron chi connectivity index (χ4n) is 3.93. The highest BCUT2D eigenvalue weighted by molar-refractivity contribution is 7.71. The lowest BCUT2D eigenvalue weighted by Crippen LogP contribution is -2.47. The number of piperazine rings is 1. The minimum absolute atomic E-state index is 0.654. The first-order valence-electron chi connectivity index (χ1n) is 10.8. The van der Waals surface area contributed by atoms with E-state index >= 15 is 0 Å². The third-order valence-electron chi connectivity index (χ3n) is 5.70.